The van der Waals surface area contributed by atoms with Crippen molar-refractivity contribution < 1.29 is 0 Å². The molecule has 0 radical (unpaired) electrons. The summed E-state index contributed by atoms with van der Waals surface area (Å²) < 4.78 is 0. The van der Waals surface area contributed by atoms with Crippen molar-refractivity contribution in [3.8, 4) is 0 Å². The molecular weight excluding hydrogens is 244 g/mol. The second-order valence-electron chi connectivity index (χ2n) is 6.35. The second kappa shape index (κ2) is 9.14. The third-order valence-electron chi connectivity index (χ3n) is 3.74. The van der Waals surface area contributed by atoms with E-state index in [4.69, 9.17) is 0 Å². The lowest BCUT2D eigenvalue weighted by molar-refractivity contribution is 0.531. The lowest BCUT2D eigenvalue weighted by Gasteiger charge is -2.22. The molecule has 0 saturated carbocycles. The van der Waals surface area contributed by atoms with Gasteiger partial charge in [-0.3, -0.25) is 0 Å². The van der Waals surface area contributed by atoms with Crippen LogP contribution in [-0.4, -0.2) is 9.52 Å². The van der Waals surface area contributed by atoms with Gasteiger partial charge in [-0.2, -0.15) is 0 Å². The van der Waals surface area contributed by atoms with E-state index in [2.05, 4.69) is 62.9 Å². The van der Waals surface area contributed by atoms with Crippen molar-refractivity contribution in [2.75, 3.05) is 0 Å². The van der Waals surface area contributed by atoms with E-state index in [1.165, 1.54) is 44.1 Å². The first kappa shape index (κ1) is 16.2. The topological polar surface area (TPSA) is 0 Å². The number of hydrogen-bond donors (Lipinski definition) is 0. The lowest BCUT2D eigenvalue weighted by atomic mass is 10.0. The predicted octanol–water partition coefficient (Wildman–Crippen LogP) is 5.39. The summed E-state index contributed by atoms with van der Waals surface area (Å²) in [4.78, 5) is 0. The average Bonchev–Trinajstić information content (AvgIpc) is 2.39. The molecule has 0 heterocycles. The highest BCUT2D eigenvalue weighted by molar-refractivity contribution is 6.46. The SMILES string of the molecule is CCCCCCCC(C)(C)[SiH2]C=Cc1ccccc1. The zero-order valence-electron chi connectivity index (χ0n) is 13.0. The van der Waals surface area contributed by atoms with E-state index in [9.17, 15) is 0 Å². The van der Waals surface area contributed by atoms with Crippen LogP contribution in [0.3, 0.4) is 0 Å². The molecule has 1 aromatic rings. The minimum absolute atomic E-state index is 0.125. The van der Waals surface area contributed by atoms with Crippen molar-refractivity contribution in [2.45, 2.75) is 64.3 Å². The fourth-order valence-electron chi connectivity index (χ4n) is 2.39. The largest absolute Gasteiger partial charge is 0.100 e. The Kier molecular flexibility index (Phi) is 7.81. The van der Waals surface area contributed by atoms with Crippen molar-refractivity contribution in [1.82, 2.24) is 0 Å². The molecule has 0 N–H and O–H groups in total. The maximum absolute atomic E-state index is 2.47. The highest BCUT2D eigenvalue weighted by Crippen LogP contribution is 2.30. The molecule has 1 aromatic carbocycles. The summed E-state index contributed by atoms with van der Waals surface area (Å²) >= 11 is 0. The molecule has 0 atom stereocenters. The van der Waals surface area contributed by atoms with Gasteiger partial charge < -0.3 is 0 Å². The van der Waals surface area contributed by atoms with Gasteiger partial charge in [0.25, 0.3) is 0 Å². The van der Waals surface area contributed by atoms with Crippen LogP contribution in [0.15, 0.2) is 36.0 Å². The van der Waals surface area contributed by atoms with Crippen LogP contribution in [0.1, 0.15) is 64.9 Å². The van der Waals surface area contributed by atoms with Crippen molar-refractivity contribution in [3.05, 3.63) is 41.6 Å². The summed E-state index contributed by atoms with van der Waals surface area (Å²) in [6, 6.07) is 10.7. The summed E-state index contributed by atoms with van der Waals surface area (Å²) in [5, 5.41) is 0.581. The zero-order valence-corrected chi connectivity index (χ0v) is 14.4. The molecule has 0 aliphatic heterocycles. The van der Waals surface area contributed by atoms with Crippen LogP contribution in [-0.2, 0) is 0 Å². The van der Waals surface area contributed by atoms with E-state index in [-0.39, 0.29) is 9.52 Å². The normalized spacial score (nSPS) is 12.8. The monoisotopic (exact) mass is 274 g/mol. The van der Waals surface area contributed by atoms with E-state index in [0.29, 0.717) is 5.04 Å². The van der Waals surface area contributed by atoms with Gasteiger partial charge in [-0.05, 0) is 10.6 Å². The summed E-state index contributed by atoms with van der Waals surface area (Å²) in [6.45, 7) is 7.19. The summed E-state index contributed by atoms with van der Waals surface area (Å²) in [5.41, 5.74) is 3.82. The van der Waals surface area contributed by atoms with Crippen LogP contribution >= 0.6 is 0 Å². The van der Waals surface area contributed by atoms with Gasteiger partial charge in [0.2, 0.25) is 0 Å². The van der Waals surface area contributed by atoms with Crippen LogP contribution in [0.2, 0.25) is 5.04 Å². The van der Waals surface area contributed by atoms with Gasteiger partial charge in [0.05, 0.1) is 9.52 Å². The summed E-state index contributed by atoms with van der Waals surface area (Å²) in [7, 11) is -0.125. The second-order valence-corrected chi connectivity index (χ2v) is 9.14. The number of benzene rings is 1. The molecule has 0 unspecified atom stereocenters. The van der Waals surface area contributed by atoms with Crippen molar-refractivity contribution >= 4 is 15.6 Å². The quantitative estimate of drug-likeness (QED) is 0.418. The van der Waals surface area contributed by atoms with Gasteiger partial charge in [0, 0.05) is 0 Å². The first-order chi connectivity index (χ1) is 9.14. The van der Waals surface area contributed by atoms with E-state index >= 15 is 0 Å². The molecular formula is C18H30Si. The van der Waals surface area contributed by atoms with Crippen LogP contribution in [0, 0.1) is 0 Å². The molecule has 1 rings (SSSR count). The number of rotatable bonds is 9. The molecule has 0 saturated heterocycles. The highest BCUT2D eigenvalue weighted by atomic mass is 28.2. The molecule has 19 heavy (non-hydrogen) atoms. The standard InChI is InChI=1S/C18H30Si/c1-4-5-6-7-11-15-18(2,3)19-16-14-17-12-9-8-10-13-17/h8-10,12-14,16H,4-7,11,15,19H2,1-3H3. The maximum Gasteiger partial charge on any atom is 0.0510 e. The fraction of sp³-hybridized carbons (Fsp3) is 0.556. The Morgan fingerprint density at radius 1 is 1.00 bits per heavy atom. The predicted molar refractivity (Wildman–Crippen MR) is 91.4 cm³/mol. The Morgan fingerprint density at radius 2 is 1.68 bits per heavy atom. The van der Waals surface area contributed by atoms with Crippen LogP contribution in [0.25, 0.3) is 6.08 Å². The van der Waals surface area contributed by atoms with Gasteiger partial charge in [-0.1, -0.05) is 95.7 Å². The fourth-order valence-corrected chi connectivity index (χ4v) is 3.87. The van der Waals surface area contributed by atoms with Crippen LogP contribution in [0.5, 0.6) is 0 Å². The molecule has 1 heteroatoms. The average molecular weight is 275 g/mol. The highest BCUT2D eigenvalue weighted by Gasteiger charge is 2.15. The third kappa shape index (κ3) is 8.04. The first-order valence-electron chi connectivity index (χ1n) is 7.86. The molecule has 0 aliphatic carbocycles. The van der Waals surface area contributed by atoms with Gasteiger partial charge >= 0.3 is 0 Å². The maximum atomic E-state index is 2.47. The smallest absolute Gasteiger partial charge is 0.0510 e. The molecule has 0 amide bonds. The Balaban J connectivity index is 2.24. The molecule has 0 fully saturated rings. The molecule has 0 bridgehead atoms. The molecule has 106 valence electrons. The Morgan fingerprint density at radius 3 is 2.37 bits per heavy atom. The van der Waals surface area contributed by atoms with Crippen molar-refractivity contribution in [2.24, 2.45) is 0 Å². The Bertz CT molecular complexity index is 351. The van der Waals surface area contributed by atoms with Gasteiger partial charge in [-0.25, -0.2) is 0 Å². The van der Waals surface area contributed by atoms with Crippen molar-refractivity contribution in [1.29, 1.82) is 0 Å². The van der Waals surface area contributed by atoms with Gasteiger partial charge in [0.1, 0.15) is 0 Å². The van der Waals surface area contributed by atoms with Crippen LogP contribution in [0.4, 0.5) is 0 Å². The number of hydrogen-bond acceptors (Lipinski definition) is 0. The minimum atomic E-state index is -0.125. The number of unbranched alkanes of at least 4 members (excludes halogenated alkanes) is 4. The van der Waals surface area contributed by atoms with E-state index < -0.39 is 0 Å². The Labute approximate surface area is 122 Å². The molecule has 0 spiro atoms. The van der Waals surface area contributed by atoms with Gasteiger partial charge in [-0.15, -0.1) is 5.70 Å². The van der Waals surface area contributed by atoms with E-state index in [1.54, 1.807) is 0 Å². The van der Waals surface area contributed by atoms with Crippen LogP contribution < -0.4 is 0 Å². The third-order valence-corrected chi connectivity index (χ3v) is 5.67. The summed E-state index contributed by atoms with van der Waals surface area (Å²) in [6.07, 6.45) is 10.7. The molecule has 0 aliphatic rings. The summed E-state index contributed by atoms with van der Waals surface area (Å²) in [5.74, 6) is 0. The first-order valence-corrected chi connectivity index (χ1v) is 9.38. The van der Waals surface area contributed by atoms with E-state index in [0.717, 1.165) is 0 Å². The molecule has 0 nitrogen and oxygen atoms in total. The molecule has 0 aromatic heterocycles. The zero-order chi connectivity index (χ0) is 14.0. The van der Waals surface area contributed by atoms with E-state index in [1.807, 2.05) is 0 Å². The van der Waals surface area contributed by atoms with Gasteiger partial charge in [0.15, 0.2) is 0 Å². The minimum Gasteiger partial charge on any atom is -0.100 e. The Hall–Kier alpha value is -0.823. The van der Waals surface area contributed by atoms with Crippen molar-refractivity contribution in [3.63, 3.8) is 0 Å². The lowest BCUT2D eigenvalue weighted by Crippen LogP contribution is -2.10.